The van der Waals surface area contributed by atoms with Gasteiger partial charge in [0.15, 0.2) is 27.3 Å². The number of halogens is 4. The first kappa shape index (κ1) is 28.3. The van der Waals surface area contributed by atoms with E-state index in [1.54, 1.807) is 0 Å². The van der Waals surface area contributed by atoms with Crippen LogP contribution in [0.3, 0.4) is 0 Å². The van der Waals surface area contributed by atoms with Gasteiger partial charge in [0.1, 0.15) is 6.26 Å². The van der Waals surface area contributed by atoms with E-state index in [0.717, 1.165) is 6.07 Å². The molecule has 2 atom stereocenters. The van der Waals surface area contributed by atoms with Crippen LogP contribution in [-0.4, -0.2) is 41.0 Å². The molecule has 2 N–H and O–H groups in total. The van der Waals surface area contributed by atoms with Gasteiger partial charge in [-0.25, -0.2) is 26.6 Å². The number of Topliss-reactive ketones (excluding diaryl/α,β-unsaturated/α-hetero) is 1. The van der Waals surface area contributed by atoms with Crippen molar-refractivity contribution >= 4 is 38.8 Å². The Kier molecular flexibility index (Phi) is 7.53. The highest BCUT2D eigenvalue weighted by molar-refractivity contribution is 7.92. The molecule has 2 bridgehead atoms. The van der Waals surface area contributed by atoms with Gasteiger partial charge < -0.3 is 14.8 Å². The lowest BCUT2D eigenvalue weighted by atomic mass is 9.71. The third-order valence-electron chi connectivity index (χ3n) is 7.98. The number of carbonyl (C=O) groups excluding carboxylic acids is 2. The number of hydrogen-bond donors (Lipinski definition) is 2. The summed E-state index contributed by atoms with van der Waals surface area (Å²) in [5, 5.41) is 12.7. The van der Waals surface area contributed by atoms with Gasteiger partial charge in [0.2, 0.25) is 5.78 Å². The van der Waals surface area contributed by atoms with Gasteiger partial charge >= 0.3 is 0 Å². The summed E-state index contributed by atoms with van der Waals surface area (Å²) in [6.45, 7) is 0. The number of amides is 1. The van der Waals surface area contributed by atoms with Crippen molar-refractivity contribution in [3.05, 3.63) is 76.7 Å². The molecule has 0 saturated heterocycles. The first-order valence-electron chi connectivity index (χ1n) is 12.5. The van der Waals surface area contributed by atoms with E-state index in [2.05, 4.69) is 10.3 Å². The number of sulfone groups is 1. The number of ketones is 1. The largest absolute Gasteiger partial charge is 0.442 e. The van der Waals surface area contributed by atoms with Gasteiger partial charge in [0.25, 0.3) is 11.8 Å². The summed E-state index contributed by atoms with van der Waals surface area (Å²) in [5.41, 5.74) is -1.71. The number of benzene rings is 2. The van der Waals surface area contributed by atoms with Crippen molar-refractivity contribution in [3.8, 4) is 0 Å². The molecule has 1 amide bonds. The predicted octanol–water partition coefficient (Wildman–Crippen LogP) is 5.35. The number of rotatable bonds is 8. The van der Waals surface area contributed by atoms with Crippen LogP contribution < -0.4 is 5.32 Å². The molecule has 2 unspecified atom stereocenters. The zero-order valence-corrected chi connectivity index (χ0v) is 22.4. The fraction of sp³-hybridized carbons (Fsp3) is 0.370. The molecule has 2 fully saturated rings. The monoisotopic (exact) mass is 596 g/mol. The number of nitrogens with one attached hydrogen (secondary N) is 1. The Hall–Kier alpha value is -3.22. The highest BCUT2D eigenvalue weighted by Crippen LogP contribution is 2.54. The average Bonchev–Trinajstić information content (AvgIpc) is 3.48. The second-order valence-electron chi connectivity index (χ2n) is 10.2. The Morgan fingerprint density at radius 2 is 1.75 bits per heavy atom. The van der Waals surface area contributed by atoms with Crippen LogP contribution in [-0.2, 0) is 9.84 Å². The smallest absolute Gasteiger partial charge is 0.263 e. The Morgan fingerprint density at radius 3 is 2.35 bits per heavy atom. The summed E-state index contributed by atoms with van der Waals surface area (Å²) in [6.07, 6.45) is 4.28. The van der Waals surface area contributed by atoms with Crippen molar-refractivity contribution < 1.29 is 40.7 Å². The maximum Gasteiger partial charge on any atom is 0.263 e. The lowest BCUT2D eigenvalue weighted by molar-refractivity contribution is -0.0646. The van der Waals surface area contributed by atoms with E-state index in [9.17, 15) is 36.3 Å². The van der Waals surface area contributed by atoms with Gasteiger partial charge in [0.05, 0.1) is 27.0 Å². The van der Waals surface area contributed by atoms with Crippen molar-refractivity contribution in [1.29, 1.82) is 0 Å². The third-order valence-corrected chi connectivity index (χ3v) is 10.6. The maximum absolute atomic E-state index is 13.7. The molecule has 0 radical (unpaired) electrons. The van der Waals surface area contributed by atoms with E-state index in [-0.39, 0.29) is 70.4 Å². The molecule has 212 valence electrons. The van der Waals surface area contributed by atoms with Crippen molar-refractivity contribution in [1.82, 2.24) is 4.98 Å². The van der Waals surface area contributed by atoms with E-state index < -0.39 is 44.0 Å². The van der Waals surface area contributed by atoms with Crippen molar-refractivity contribution in [2.24, 2.45) is 11.8 Å². The molecule has 2 aliphatic rings. The number of aliphatic hydroxyl groups is 1. The first-order chi connectivity index (χ1) is 18.9. The molecule has 3 aromatic rings. The molecule has 2 aliphatic carbocycles. The lowest BCUT2D eigenvalue weighted by Crippen LogP contribution is -2.48. The normalized spacial score (nSPS) is 24.2. The van der Waals surface area contributed by atoms with Crippen molar-refractivity contribution in [3.63, 3.8) is 0 Å². The summed E-state index contributed by atoms with van der Waals surface area (Å²) in [6, 6.07) is 4.77. The second kappa shape index (κ2) is 10.6. The van der Waals surface area contributed by atoms with Gasteiger partial charge in [0, 0.05) is 29.8 Å². The molecular formula is C27H24ClF3N2O6S. The van der Waals surface area contributed by atoms with E-state index in [4.69, 9.17) is 16.0 Å². The molecular weight excluding hydrogens is 573 g/mol. The van der Waals surface area contributed by atoms with Gasteiger partial charge in [-0.05, 0) is 62.1 Å². The Labute approximate surface area is 232 Å². The highest BCUT2D eigenvalue weighted by atomic mass is 35.5. The van der Waals surface area contributed by atoms with E-state index in [1.807, 2.05) is 0 Å². The minimum absolute atomic E-state index is 0.00622. The quantitative estimate of drug-likeness (QED) is 0.265. The van der Waals surface area contributed by atoms with Crippen LogP contribution in [0.1, 0.15) is 59.6 Å². The summed E-state index contributed by atoms with van der Waals surface area (Å²) >= 11 is 6.25. The number of aromatic nitrogens is 1. The summed E-state index contributed by atoms with van der Waals surface area (Å²) in [4.78, 5) is 28.6. The SMILES string of the molecule is O=C(Nc1cc(F)c(F)c(F)c1)c1ccc(Cl)c(S(=O)(=O)C2CC3CCC(C2)C3(O)CCC(=O)c2ncco2)c1. The van der Waals surface area contributed by atoms with Crippen LogP contribution in [0.4, 0.5) is 18.9 Å². The maximum atomic E-state index is 13.7. The molecule has 0 aliphatic heterocycles. The van der Waals surface area contributed by atoms with E-state index in [1.165, 1.54) is 24.6 Å². The topological polar surface area (TPSA) is 127 Å². The van der Waals surface area contributed by atoms with Gasteiger partial charge in [-0.1, -0.05) is 11.6 Å². The average molecular weight is 597 g/mol. The zero-order valence-electron chi connectivity index (χ0n) is 20.9. The van der Waals surface area contributed by atoms with Crippen LogP contribution >= 0.6 is 11.6 Å². The van der Waals surface area contributed by atoms with Crippen molar-refractivity contribution in [2.75, 3.05) is 5.32 Å². The molecule has 8 nitrogen and oxygen atoms in total. The fourth-order valence-electron chi connectivity index (χ4n) is 5.93. The molecule has 2 saturated carbocycles. The number of hydrogen-bond acceptors (Lipinski definition) is 7. The lowest BCUT2D eigenvalue weighted by Gasteiger charge is -2.42. The number of carbonyl (C=O) groups is 2. The molecule has 5 rings (SSSR count). The van der Waals surface area contributed by atoms with Crippen LogP contribution in [0, 0.1) is 29.3 Å². The molecule has 1 aromatic heterocycles. The summed E-state index contributed by atoms with van der Waals surface area (Å²) < 4.78 is 72.8. The summed E-state index contributed by atoms with van der Waals surface area (Å²) in [5.74, 6) is -6.68. The Morgan fingerprint density at radius 1 is 1.10 bits per heavy atom. The Bertz CT molecular complexity index is 1540. The van der Waals surface area contributed by atoms with E-state index >= 15 is 0 Å². The van der Waals surface area contributed by atoms with Crippen LogP contribution in [0.5, 0.6) is 0 Å². The molecule has 0 spiro atoms. The second-order valence-corrected chi connectivity index (χ2v) is 12.8. The molecule has 40 heavy (non-hydrogen) atoms. The van der Waals surface area contributed by atoms with Crippen LogP contribution in [0.25, 0.3) is 0 Å². The number of nitrogens with zero attached hydrogens (tertiary/aromatic N) is 1. The van der Waals surface area contributed by atoms with Gasteiger partial charge in [-0.2, -0.15) is 0 Å². The fourth-order valence-corrected chi connectivity index (χ4v) is 8.33. The number of fused-ring (bicyclic) bond motifs is 2. The summed E-state index contributed by atoms with van der Waals surface area (Å²) in [7, 11) is -4.07. The number of anilines is 1. The van der Waals surface area contributed by atoms with Crippen LogP contribution in [0.15, 0.2) is 52.1 Å². The van der Waals surface area contributed by atoms with E-state index in [0.29, 0.717) is 25.0 Å². The van der Waals surface area contributed by atoms with Crippen molar-refractivity contribution in [2.45, 2.75) is 54.3 Å². The number of oxazole rings is 1. The molecule has 13 heteroatoms. The Balaban J connectivity index is 1.32. The zero-order chi connectivity index (χ0) is 28.8. The first-order valence-corrected chi connectivity index (χ1v) is 14.5. The predicted molar refractivity (Wildman–Crippen MR) is 137 cm³/mol. The standard InChI is InChI=1S/C27H24ClF3N2O6S/c28-19-4-1-14(25(35)33-17-12-20(29)24(31)21(30)13-17)9-23(19)40(37,38)18-10-15-2-3-16(11-18)27(15,36)6-5-22(34)26-32-7-8-39-26/h1,4,7-9,12-13,15-16,18,36H,2-3,5-6,10-11H2,(H,33,35). The minimum atomic E-state index is -4.07. The van der Waals surface area contributed by atoms with Gasteiger partial charge in [-0.3, -0.25) is 9.59 Å². The minimum Gasteiger partial charge on any atom is -0.442 e. The molecule has 2 aromatic carbocycles. The highest BCUT2D eigenvalue weighted by Gasteiger charge is 2.55. The van der Waals surface area contributed by atoms with Gasteiger partial charge in [-0.15, -0.1) is 0 Å². The molecule has 1 heterocycles. The third kappa shape index (κ3) is 5.15. The van der Waals surface area contributed by atoms with Crippen LogP contribution in [0.2, 0.25) is 5.02 Å².